The molecule has 0 atom stereocenters. The van der Waals surface area contributed by atoms with E-state index in [-0.39, 0.29) is 24.9 Å². The molecule has 0 aliphatic heterocycles. The van der Waals surface area contributed by atoms with Crippen LogP contribution in [0.1, 0.15) is 0 Å². The largest absolute Gasteiger partial charge is 0.457 e. The molecule has 0 bridgehead atoms. The zero-order valence-corrected chi connectivity index (χ0v) is 18.1. The second kappa shape index (κ2) is 10.5. The summed E-state index contributed by atoms with van der Waals surface area (Å²) in [4.78, 5) is 26.0. The maximum atomic E-state index is 12.2. The van der Waals surface area contributed by atoms with Crippen molar-refractivity contribution >= 4 is 39.1 Å². The Morgan fingerprint density at radius 1 is 0.867 bits per heavy atom. The number of rotatable bonds is 8. The van der Waals surface area contributed by atoms with Crippen LogP contribution in [0, 0.1) is 0 Å². The quantitative estimate of drug-likeness (QED) is 0.513. The summed E-state index contributed by atoms with van der Waals surface area (Å²) in [6.07, 6.45) is 0. The fraction of sp³-hybridized carbons (Fsp3) is 0.130. The van der Waals surface area contributed by atoms with E-state index in [1.807, 2.05) is 79.8 Å². The molecule has 0 unspecified atom stereocenters. The first-order chi connectivity index (χ1) is 14.5. The van der Waals surface area contributed by atoms with E-state index in [1.54, 1.807) is 11.0 Å². The molecule has 0 heterocycles. The van der Waals surface area contributed by atoms with E-state index in [4.69, 9.17) is 4.74 Å². The number of benzene rings is 3. The van der Waals surface area contributed by atoms with Crippen LogP contribution in [0.2, 0.25) is 0 Å². The lowest BCUT2D eigenvalue weighted by Gasteiger charge is -2.19. The molecule has 154 valence electrons. The second-order valence-corrected chi connectivity index (χ2v) is 7.42. The van der Waals surface area contributed by atoms with Crippen LogP contribution in [0.15, 0.2) is 83.3 Å². The van der Waals surface area contributed by atoms with Crippen LogP contribution in [-0.4, -0.2) is 32.0 Å². The van der Waals surface area contributed by atoms with E-state index in [2.05, 4.69) is 26.6 Å². The number of carbonyl (C=O) groups excluding carboxylic acids is 2. The lowest BCUT2D eigenvalue weighted by Crippen LogP contribution is -2.39. The second-order valence-electron chi connectivity index (χ2n) is 6.57. The Bertz CT molecular complexity index is 994. The Morgan fingerprint density at radius 3 is 2.20 bits per heavy atom. The van der Waals surface area contributed by atoms with Crippen molar-refractivity contribution in [2.24, 2.45) is 0 Å². The molecule has 0 spiro atoms. The standard InChI is InChI=1S/C23H22BrN3O3/c1-27(17-11-13-19(14-12-17)30-18-7-3-2-4-8-18)16-23(29)25-15-22(28)26-21-10-6-5-9-20(21)24/h2-14H,15-16H2,1H3,(H,25,29)(H,26,28). The first kappa shape index (κ1) is 21.4. The van der Waals surface area contributed by atoms with Crippen molar-refractivity contribution in [2.45, 2.75) is 0 Å². The van der Waals surface area contributed by atoms with Crippen molar-refractivity contribution in [1.29, 1.82) is 0 Å². The first-order valence-electron chi connectivity index (χ1n) is 9.36. The Balaban J connectivity index is 1.45. The minimum atomic E-state index is -0.291. The number of hydrogen-bond donors (Lipinski definition) is 2. The van der Waals surface area contributed by atoms with E-state index in [0.717, 1.165) is 15.9 Å². The summed E-state index contributed by atoms with van der Waals surface area (Å²) in [5, 5.41) is 5.38. The number of amides is 2. The van der Waals surface area contributed by atoms with Gasteiger partial charge >= 0.3 is 0 Å². The van der Waals surface area contributed by atoms with Gasteiger partial charge in [0.2, 0.25) is 11.8 Å². The summed E-state index contributed by atoms with van der Waals surface area (Å²) >= 11 is 3.37. The van der Waals surface area contributed by atoms with Crippen LogP contribution in [0.3, 0.4) is 0 Å². The number of likely N-dealkylation sites (N-methyl/N-ethyl adjacent to an activating group) is 1. The van der Waals surface area contributed by atoms with Gasteiger partial charge in [0.1, 0.15) is 11.5 Å². The van der Waals surface area contributed by atoms with Crippen LogP contribution in [0.5, 0.6) is 11.5 Å². The van der Waals surface area contributed by atoms with Gasteiger partial charge in [-0.15, -0.1) is 0 Å². The van der Waals surface area contributed by atoms with E-state index < -0.39 is 0 Å². The number of halogens is 1. The lowest BCUT2D eigenvalue weighted by molar-refractivity contribution is -0.123. The average Bonchev–Trinajstić information content (AvgIpc) is 2.75. The van der Waals surface area contributed by atoms with Crippen LogP contribution in [0.25, 0.3) is 0 Å². The topological polar surface area (TPSA) is 70.7 Å². The normalized spacial score (nSPS) is 10.2. The van der Waals surface area contributed by atoms with Crippen LogP contribution in [0.4, 0.5) is 11.4 Å². The molecule has 2 amide bonds. The smallest absolute Gasteiger partial charge is 0.243 e. The van der Waals surface area contributed by atoms with Gasteiger partial charge in [-0.1, -0.05) is 30.3 Å². The molecule has 6 nitrogen and oxygen atoms in total. The minimum Gasteiger partial charge on any atom is -0.457 e. The number of ether oxygens (including phenoxy) is 1. The summed E-state index contributed by atoms with van der Waals surface area (Å²) in [5.41, 5.74) is 1.52. The molecule has 30 heavy (non-hydrogen) atoms. The van der Waals surface area contributed by atoms with Gasteiger partial charge in [0, 0.05) is 17.2 Å². The number of para-hydroxylation sites is 2. The van der Waals surface area contributed by atoms with Crippen molar-refractivity contribution < 1.29 is 14.3 Å². The number of carbonyl (C=O) groups is 2. The van der Waals surface area contributed by atoms with Crippen LogP contribution in [-0.2, 0) is 9.59 Å². The summed E-state index contributed by atoms with van der Waals surface area (Å²) in [6, 6.07) is 24.3. The molecule has 3 rings (SSSR count). The third-order valence-electron chi connectivity index (χ3n) is 4.23. The highest BCUT2D eigenvalue weighted by atomic mass is 79.9. The molecule has 2 N–H and O–H groups in total. The van der Waals surface area contributed by atoms with E-state index >= 15 is 0 Å². The predicted octanol–water partition coefficient (Wildman–Crippen LogP) is 4.43. The fourth-order valence-electron chi connectivity index (χ4n) is 2.69. The van der Waals surface area contributed by atoms with Gasteiger partial charge in [-0.05, 0) is 64.5 Å². The molecule has 0 saturated carbocycles. The molecule has 0 aromatic heterocycles. The van der Waals surface area contributed by atoms with Crippen molar-refractivity contribution in [3.63, 3.8) is 0 Å². The molecular weight excluding hydrogens is 446 g/mol. The van der Waals surface area contributed by atoms with Gasteiger partial charge in [-0.3, -0.25) is 9.59 Å². The summed E-state index contributed by atoms with van der Waals surface area (Å²) in [6.45, 7) is 0.0268. The van der Waals surface area contributed by atoms with Gasteiger partial charge in [0.25, 0.3) is 0 Å². The maximum absolute atomic E-state index is 12.2. The minimum absolute atomic E-state index is 0.0993. The molecule has 0 aliphatic carbocycles. The van der Waals surface area contributed by atoms with E-state index in [9.17, 15) is 9.59 Å². The Morgan fingerprint density at radius 2 is 1.50 bits per heavy atom. The summed E-state index contributed by atoms with van der Waals surface area (Å²) in [5.74, 6) is 0.940. The van der Waals surface area contributed by atoms with Crippen LogP contribution < -0.4 is 20.3 Å². The van der Waals surface area contributed by atoms with Gasteiger partial charge in [-0.25, -0.2) is 0 Å². The molecule has 3 aromatic carbocycles. The monoisotopic (exact) mass is 467 g/mol. The Labute approximate surface area is 184 Å². The molecular formula is C23H22BrN3O3. The predicted molar refractivity (Wildman–Crippen MR) is 122 cm³/mol. The lowest BCUT2D eigenvalue weighted by atomic mass is 10.2. The van der Waals surface area contributed by atoms with Gasteiger partial charge in [0.05, 0.1) is 18.8 Å². The van der Waals surface area contributed by atoms with Gasteiger partial charge in [-0.2, -0.15) is 0 Å². The molecule has 3 aromatic rings. The zero-order valence-electron chi connectivity index (χ0n) is 16.5. The number of nitrogens with zero attached hydrogens (tertiary/aromatic N) is 1. The fourth-order valence-corrected chi connectivity index (χ4v) is 3.08. The summed E-state index contributed by atoms with van der Waals surface area (Å²) in [7, 11) is 1.81. The highest BCUT2D eigenvalue weighted by Crippen LogP contribution is 2.24. The maximum Gasteiger partial charge on any atom is 0.243 e. The van der Waals surface area contributed by atoms with E-state index in [0.29, 0.717) is 11.4 Å². The molecule has 0 radical (unpaired) electrons. The molecule has 0 fully saturated rings. The van der Waals surface area contributed by atoms with Crippen LogP contribution >= 0.6 is 15.9 Å². The highest BCUT2D eigenvalue weighted by molar-refractivity contribution is 9.10. The average molecular weight is 468 g/mol. The van der Waals surface area contributed by atoms with Crippen molar-refractivity contribution in [1.82, 2.24) is 5.32 Å². The number of hydrogen-bond acceptors (Lipinski definition) is 4. The summed E-state index contributed by atoms with van der Waals surface area (Å²) < 4.78 is 6.55. The van der Waals surface area contributed by atoms with Gasteiger partial charge < -0.3 is 20.3 Å². The third-order valence-corrected chi connectivity index (χ3v) is 4.92. The van der Waals surface area contributed by atoms with E-state index in [1.165, 1.54) is 0 Å². The first-order valence-corrected chi connectivity index (χ1v) is 10.2. The Kier molecular flexibility index (Phi) is 7.45. The Hall–Kier alpha value is -3.32. The number of anilines is 2. The number of nitrogens with one attached hydrogen (secondary N) is 2. The molecule has 0 aliphatic rings. The third kappa shape index (κ3) is 6.35. The van der Waals surface area contributed by atoms with Crippen molar-refractivity contribution in [3.05, 3.63) is 83.3 Å². The SMILES string of the molecule is CN(CC(=O)NCC(=O)Nc1ccccc1Br)c1ccc(Oc2ccccc2)cc1. The zero-order chi connectivity index (χ0) is 21.3. The van der Waals surface area contributed by atoms with Gasteiger partial charge in [0.15, 0.2) is 0 Å². The van der Waals surface area contributed by atoms with Crippen molar-refractivity contribution in [3.8, 4) is 11.5 Å². The van der Waals surface area contributed by atoms with Crippen molar-refractivity contribution in [2.75, 3.05) is 30.4 Å². The molecule has 0 saturated heterocycles. The molecule has 7 heteroatoms. The highest BCUT2D eigenvalue weighted by Gasteiger charge is 2.10.